The first-order valence-electron chi connectivity index (χ1n) is 10.9. The van der Waals surface area contributed by atoms with Crippen LogP contribution in [0, 0.1) is 11.7 Å². The molecule has 0 spiro atoms. The number of halogens is 1. The first kappa shape index (κ1) is 19.5. The molecule has 2 aliphatic rings. The average Bonchev–Trinajstić information content (AvgIpc) is 3.17. The van der Waals surface area contributed by atoms with Crippen LogP contribution in [0.1, 0.15) is 54.5 Å². The first-order valence-corrected chi connectivity index (χ1v) is 10.9. The number of aromatic nitrogens is 1. The number of fused-ring (bicyclic) bond motifs is 2. The van der Waals surface area contributed by atoms with Gasteiger partial charge in [-0.1, -0.05) is 11.2 Å². The second-order valence-corrected chi connectivity index (χ2v) is 8.81. The Morgan fingerprint density at radius 1 is 1.13 bits per heavy atom. The number of hydrogen-bond donors (Lipinski definition) is 2. The monoisotopic (exact) mass is 409 g/mol. The molecule has 5 nitrogen and oxygen atoms in total. The van der Waals surface area contributed by atoms with Gasteiger partial charge in [0.05, 0.1) is 11.8 Å². The number of aliphatic hydroxyl groups is 1. The van der Waals surface area contributed by atoms with Crippen molar-refractivity contribution in [1.82, 2.24) is 10.1 Å². The van der Waals surface area contributed by atoms with E-state index in [1.165, 1.54) is 17.7 Å². The summed E-state index contributed by atoms with van der Waals surface area (Å²) in [4.78, 5) is 2.49. The SMILES string of the molecule is Nc1ccc2c(c1)C(O)C(CCN1CCC(c3noc4cc(F)ccc34)CC1)CC2. The molecule has 0 amide bonds. The zero-order chi connectivity index (χ0) is 20.7. The summed E-state index contributed by atoms with van der Waals surface area (Å²) >= 11 is 0. The minimum absolute atomic E-state index is 0.284. The summed E-state index contributed by atoms with van der Waals surface area (Å²) in [5.74, 6) is 0.338. The topological polar surface area (TPSA) is 75.5 Å². The number of anilines is 1. The predicted octanol–water partition coefficient (Wildman–Crippen LogP) is 4.41. The number of aliphatic hydroxyl groups excluding tert-OH is 1. The summed E-state index contributed by atoms with van der Waals surface area (Å²) in [6, 6.07) is 10.6. The summed E-state index contributed by atoms with van der Waals surface area (Å²) in [5, 5.41) is 16.0. The van der Waals surface area contributed by atoms with Gasteiger partial charge in [0.15, 0.2) is 5.58 Å². The molecule has 1 fully saturated rings. The van der Waals surface area contributed by atoms with Gasteiger partial charge in [0.25, 0.3) is 0 Å². The van der Waals surface area contributed by atoms with Gasteiger partial charge < -0.3 is 20.3 Å². The van der Waals surface area contributed by atoms with Gasteiger partial charge in [0.2, 0.25) is 0 Å². The molecule has 2 aromatic carbocycles. The number of nitrogens with zero attached hydrogens (tertiary/aromatic N) is 2. The van der Waals surface area contributed by atoms with E-state index in [0.717, 1.165) is 74.1 Å². The molecule has 3 N–H and O–H groups in total. The van der Waals surface area contributed by atoms with Crippen LogP contribution in [-0.4, -0.2) is 34.8 Å². The van der Waals surface area contributed by atoms with E-state index < -0.39 is 6.10 Å². The molecule has 6 heteroatoms. The van der Waals surface area contributed by atoms with Gasteiger partial charge in [0, 0.05) is 23.1 Å². The van der Waals surface area contributed by atoms with Gasteiger partial charge in [-0.15, -0.1) is 0 Å². The largest absolute Gasteiger partial charge is 0.399 e. The van der Waals surface area contributed by atoms with Crippen molar-refractivity contribution in [3.8, 4) is 0 Å². The second kappa shape index (κ2) is 8.00. The molecule has 158 valence electrons. The lowest BCUT2D eigenvalue weighted by atomic mass is 9.79. The molecule has 5 rings (SSSR count). The summed E-state index contributed by atoms with van der Waals surface area (Å²) in [6.45, 7) is 3.01. The molecular weight excluding hydrogens is 381 g/mol. The van der Waals surface area contributed by atoms with E-state index in [4.69, 9.17) is 10.3 Å². The Balaban J connectivity index is 1.17. The Bertz CT molecular complexity index is 1040. The van der Waals surface area contributed by atoms with E-state index in [9.17, 15) is 9.50 Å². The zero-order valence-corrected chi connectivity index (χ0v) is 17.1. The molecule has 0 radical (unpaired) electrons. The Labute approximate surface area is 175 Å². The molecule has 2 heterocycles. The van der Waals surface area contributed by atoms with Crippen LogP contribution in [0.25, 0.3) is 11.0 Å². The number of nitrogens with two attached hydrogens (primary N) is 1. The van der Waals surface area contributed by atoms with E-state index >= 15 is 0 Å². The molecular formula is C24H28FN3O2. The number of piperidine rings is 1. The molecule has 2 atom stereocenters. The fourth-order valence-corrected chi connectivity index (χ4v) is 5.18. The maximum atomic E-state index is 13.4. The minimum atomic E-state index is -0.420. The third-order valence-electron chi connectivity index (χ3n) is 6.97. The smallest absolute Gasteiger partial charge is 0.170 e. The molecule has 0 saturated carbocycles. The highest BCUT2D eigenvalue weighted by atomic mass is 19.1. The van der Waals surface area contributed by atoms with Crippen LogP contribution in [0.15, 0.2) is 40.9 Å². The summed E-state index contributed by atoms with van der Waals surface area (Å²) in [6.07, 6.45) is 4.65. The quantitative estimate of drug-likeness (QED) is 0.624. The summed E-state index contributed by atoms with van der Waals surface area (Å²) in [7, 11) is 0. The highest BCUT2D eigenvalue weighted by Crippen LogP contribution is 2.38. The minimum Gasteiger partial charge on any atom is -0.399 e. The first-order chi connectivity index (χ1) is 14.6. The number of likely N-dealkylation sites (tertiary alicyclic amines) is 1. The fourth-order valence-electron chi connectivity index (χ4n) is 5.18. The zero-order valence-electron chi connectivity index (χ0n) is 17.1. The second-order valence-electron chi connectivity index (χ2n) is 8.81. The van der Waals surface area contributed by atoms with Crippen LogP contribution < -0.4 is 5.73 Å². The molecule has 2 unspecified atom stereocenters. The van der Waals surface area contributed by atoms with Crippen LogP contribution in [0.4, 0.5) is 10.1 Å². The van der Waals surface area contributed by atoms with Crippen molar-refractivity contribution < 1.29 is 14.0 Å². The third kappa shape index (κ3) is 3.70. The van der Waals surface area contributed by atoms with Gasteiger partial charge in [0.1, 0.15) is 5.82 Å². The van der Waals surface area contributed by atoms with Gasteiger partial charge in [-0.3, -0.25) is 0 Å². The van der Waals surface area contributed by atoms with Crippen molar-refractivity contribution in [2.24, 2.45) is 5.92 Å². The Kier molecular flexibility index (Phi) is 5.21. The van der Waals surface area contributed by atoms with Gasteiger partial charge >= 0.3 is 0 Å². The van der Waals surface area contributed by atoms with E-state index in [-0.39, 0.29) is 11.7 Å². The maximum absolute atomic E-state index is 13.4. The van der Waals surface area contributed by atoms with Crippen LogP contribution in [0.3, 0.4) is 0 Å². The lowest BCUT2D eigenvalue weighted by Crippen LogP contribution is -2.35. The van der Waals surface area contributed by atoms with E-state index in [0.29, 0.717) is 11.5 Å². The summed E-state index contributed by atoms with van der Waals surface area (Å²) in [5.41, 5.74) is 10.4. The summed E-state index contributed by atoms with van der Waals surface area (Å²) < 4.78 is 18.7. The van der Waals surface area contributed by atoms with Gasteiger partial charge in [-0.2, -0.15) is 0 Å². The third-order valence-corrected chi connectivity index (χ3v) is 6.97. The van der Waals surface area contributed by atoms with Gasteiger partial charge in [-0.25, -0.2) is 4.39 Å². The molecule has 0 bridgehead atoms. The highest BCUT2D eigenvalue weighted by Gasteiger charge is 2.30. The number of rotatable bonds is 4. The standard InChI is InChI=1S/C24H28FN3O2/c25-18-4-6-20-22(13-18)30-27-23(20)16-7-10-28(11-8-16)12-9-17-2-1-15-3-5-19(26)14-21(15)24(17)29/h3-6,13-14,16-17,24,29H,1-2,7-12,26H2. The van der Waals surface area contributed by atoms with Crippen LogP contribution in [0.2, 0.25) is 0 Å². The molecule has 30 heavy (non-hydrogen) atoms. The van der Waals surface area contributed by atoms with E-state index in [2.05, 4.69) is 16.1 Å². The fraction of sp³-hybridized carbons (Fsp3) is 0.458. The maximum Gasteiger partial charge on any atom is 0.170 e. The predicted molar refractivity (Wildman–Crippen MR) is 115 cm³/mol. The lowest BCUT2D eigenvalue weighted by molar-refractivity contribution is 0.0772. The van der Waals surface area contributed by atoms with Crippen LogP contribution >= 0.6 is 0 Å². The van der Waals surface area contributed by atoms with E-state index in [1.54, 1.807) is 6.07 Å². The van der Waals surface area contributed by atoms with Crippen molar-refractivity contribution in [1.29, 1.82) is 0 Å². The highest BCUT2D eigenvalue weighted by molar-refractivity contribution is 5.79. The van der Waals surface area contributed by atoms with Crippen molar-refractivity contribution in [3.63, 3.8) is 0 Å². The van der Waals surface area contributed by atoms with Crippen molar-refractivity contribution >= 4 is 16.7 Å². The molecule has 1 saturated heterocycles. The Morgan fingerprint density at radius 3 is 2.80 bits per heavy atom. The number of benzene rings is 2. The van der Waals surface area contributed by atoms with E-state index in [1.807, 2.05) is 12.1 Å². The molecule has 1 aliphatic heterocycles. The number of aryl methyl sites for hydroxylation is 1. The average molecular weight is 410 g/mol. The lowest BCUT2D eigenvalue weighted by Gasteiger charge is -2.35. The van der Waals surface area contributed by atoms with Crippen molar-refractivity contribution in [3.05, 3.63) is 59.0 Å². The van der Waals surface area contributed by atoms with Crippen molar-refractivity contribution in [2.45, 2.75) is 44.1 Å². The number of nitrogen functional groups attached to an aromatic ring is 1. The Morgan fingerprint density at radius 2 is 1.97 bits per heavy atom. The van der Waals surface area contributed by atoms with Gasteiger partial charge in [-0.05, 0) is 93.0 Å². The van der Waals surface area contributed by atoms with Crippen molar-refractivity contribution in [2.75, 3.05) is 25.4 Å². The Hall–Kier alpha value is -2.44. The number of hydrogen-bond acceptors (Lipinski definition) is 5. The van der Waals surface area contributed by atoms with Crippen LogP contribution in [-0.2, 0) is 6.42 Å². The molecule has 1 aliphatic carbocycles. The van der Waals surface area contributed by atoms with Crippen LogP contribution in [0.5, 0.6) is 0 Å². The molecule has 3 aromatic rings. The normalized spacial score (nSPS) is 23.0. The molecule has 1 aromatic heterocycles.